The van der Waals surface area contributed by atoms with Gasteiger partial charge in [0.1, 0.15) is 12.4 Å². The number of hydrogen-bond acceptors (Lipinski definition) is 6. The second-order valence-electron chi connectivity index (χ2n) is 7.60. The molecule has 0 radical (unpaired) electrons. The normalized spacial score (nSPS) is 16.5. The van der Waals surface area contributed by atoms with E-state index in [4.69, 9.17) is 19.7 Å². The van der Waals surface area contributed by atoms with Gasteiger partial charge in [-0.1, -0.05) is 30.9 Å². The van der Waals surface area contributed by atoms with Crippen LogP contribution in [0.2, 0.25) is 0 Å². The molecule has 0 saturated carbocycles. The Morgan fingerprint density at radius 1 is 1.38 bits per heavy atom. The van der Waals surface area contributed by atoms with E-state index in [9.17, 15) is 4.79 Å². The lowest BCUT2D eigenvalue weighted by atomic mass is 10.0. The molecular weight excluding hydrogens is 404 g/mol. The summed E-state index contributed by atoms with van der Waals surface area (Å²) in [6, 6.07) is 9.85. The van der Waals surface area contributed by atoms with Crippen LogP contribution in [0.15, 0.2) is 59.4 Å². The summed E-state index contributed by atoms with van der Waals surface area (Å²) in [5, 5.41) is 12.5. The van der Waals surface area contributed by atoms with Crippen LogP contribution in [-0.4, -0.2) is 35.9 Å². The van der Waals surface area contributed by atoms with Crippen molar-refractivity contribution in [1.82, 2.24) is 14.9 Å². The molecule has 0 aliphatic carbocycles. The van der Waals surface area contributed by atoms with Crippen LogP contribution in [-0.2, 0) is 7.05 Å². The molecule has 1 fully saturated rings. The Morgan fingerprint density at radius 2 is 2.12 bits per heavy atom. The largest absolute Gasteiger partial charge is 0.497 e. The maximum atomic E-state index is 13.4. The zero-order valence-corrected chi connectivity index (χ0v) is 18.7. The molecule has 1 aromatic heterocycles. The molecule has 0 spiro atoms. The summed E-state index contributed by atoms with van der Waals surface area (Å²) in [5.41, 5.74) is 2.62. The second-order valence-corrected chi connectivity index (χ2v) is 7.60. The monoisotopic (exact) mass is 432 g/mol. The fourth-order valence-corrected chi connectivity index (χ4v) is 3.53. The van der Waals surface area contributed by atoms with Gasteiger partial charge in [-0.3, -0.25) is 9.36 Å². The SMILES string of the molecule is C=C/C(C#N)=C\C=C(/C)c1nc(OCC2CCCN2)n(C)c(=O)c1-c1ccc(OC)cc1. The van der Waals surface area contributed by atoms with Crippen molar-refractivity contribution in [1.29, 1.82) is 5.26 Å². The van der Waals surface area contributed by atoms with E-state index >= 15 is 0 Å². The molecular formula is C25H28N4O3. The van der Waals surface area contributed by atoms with Gasteiger partial charge in [0.15, 0.2) is 0 Å². The quantitative estimate of drug-likeness (QED) is 0.506. The minimum Gasteiger partial charge on any atom is -0.497 e. The fraction of sp³-hybridized carbons (Fsp3) is 0.320. The molecule has 1 atom stereocenters. The summed E-state index contributed by atoms with van der Waals surface area (Å²) < 4.78 is 12.6. The van der Waals surface area contributed by atoms with Crippen molar-refractivity contribution in [3.8, 4) is 29.0 Å². The molecule has 2 aromatic rings. The van der Waals surface area contributed by atoms with Gasteiger partial charge in [-0.25, -0.2) is 0 Å². The Kier molecular flexibility index (Phi) is 7.63. The molecule has 1 saturated heterocycles. The van der Waals surface area contributed by atoms with E-state index in [0.717, 1.165) is 30.5 Å². The van der Waals surface area contributed by atoms with Crippen molar-refractivity contribution in [2.75, 3.05) is 20.3 Å². The number of nitrogens with zero attached hydrogens (tertiary/aromatic N) is 3. The van der Waals surface area contributed by atoms with Crippen LogP contribution in [0.3, 0.4) is 0 Å². The van der Waals surface area contributed by atoms with Gasteiger partial charge in [0.2, 0.25) is 0 Å². The zero-order chi connectivity index (χ0) is 23.1. The van der Waals surface area contributed by atoms with Crippen molar-refractivity contribution in [3.05, 3.63) is 70.7 Å². The molecule has 7 heteroatoms. The highest BCUT2D eigenvalue weighted by Crippen LogP contribution is 2.28. The Balaban J connectivity index is 2.11. The molecule has 1 aliphatic rings. The predicted molar refractivity (Wildman–Crippen MR) is 126 cm³/mol. The first kappa shape index (κ1) is 23.0. The van der Waals surface area contributed by atoms with E-state index in [0.29, 0.717) is 29.2 Å². The van der Waals surface area contributed by atoms with Gasteiger partial charge >= 0.3 is 0 Å². The van der Waals surface area contributed by atoms with Gasteiger partial charge in [-0.15, -0.1) is 0 Å². The van der Waals surface area contributed by atoms with Crippen molar-refractivity contribution in [3.63, 3.8) is 0 Å². The second kappa shape index (κ2) is 10.6. The van der Waals surface area contributed by atoms with Crippen LogP contribution in [0.4, 0.5) is 0 Å². The summed E-state index contributed by atoms with van der Waals surface area (Å²) >= 11 is 0. The Labute approximate surface area is 188 Å². The van der Waals surface area contributed by atoms with Crippen LogP contribution in [0, 0.1) is 11.3 Å². The molecule has 0 bridgehead atoms. The number of nitrogens with one attached hydrogen (secondary N) is 1. The minimum absolute atomic E-state index is 0.212. The summed E-state index contributed by atoms with van der Waals surface area (Å²) in [6.07, 6.45) is 7.04. The third-order valence-corrected chi connectivity index (χ3v) is 5.44. The maximum Gasteiger partial charge on any atom is 0.299 e. The molecule has 2 heterocycles. The van der Waals surface area contributed by atoms with Crippen LogP contribution >= 0.6 is 0 Å². The van der Waals surface area contributed by atoms with Gasteiger partial charge in [0, 0.05) is 13.1 Å². The molecule has 1 aliphatic heterocycles. The average molecular weight is 433 g/mol. The van der Waals surface area contributed by atoms with Crippen molar-refractivity contribution in [2.45, 2.75) is 25.8 Å². The topological polar surface area (TPSA) is 89.2 Å². The highest BCUT2D eigenvalue weighted by Gasteiger charge is 2.20. The van der Waals surface area contributed by atoms with Crippen molar-refractivity contribution < 1.29 is 9.47 Å². The lowest BCUT2D eigenvalue weighted by Gasteiger charge is -2.17. The first-order valence-corrected chi connectivity index (χ1v) is 10.5. The lowest BCUT2D eigenvalue weighted by Crippen LogP contribution is -2.31. The fourth-order valence-electron chi connectivity index (χ4n) is 3.53. The molecule has 166 valence electrons. The highest BCUT2D eigenvalue weighted by molar-refractivity contribution is 5.79. The van der Waals surface area contributed by atoms with Crippen molar-refractivity contribution >= 4 is 5.57 Å². The number of ether oxygens (including phenoxy) is 2. The van der Waals surface area contributed by atoms with Gasteiger partial charge in [-0.05, 0) is 55.7 Å². The predicted octanol–water partition coefficient (Wildman–Crippen LogP) is 3.63. The standard InChI is InChI=1S/C25H28N4O3/c1-5-18(15-26)9-8-17(2)23-22(19-10-12-21(31-4)13-11-19)24(30)29(3)25(28-23)32-16-20-7-6-14-27-20/h5,8-13,20,27H,1,6-7,14,16H2,2-4H3/b17-8+,18-9+. The lowest BCUT2D eigenvalue weighted by molar-refractivity contribution is 0.245. The molecule has 1 N–H and O–H groups in total. The average Bonchev–Trinajstić information content (AvgIpc) is 3.34. The maximum absolute atomic E-state index is 13.4. The molecule has 32 heavy (non-hydrogen) atoms. The van der Waals surface area contributed by atoms with Gasteiger partial charge < -0.3 is 14.8 Å². The summed E-state index contributed by atoms with van der Waals surface area (Å²) in [6.45, 7) is 6.91. The highest BCUT2D eigenvalue weighted by atomic mass is 16.5. The third kappa shape index (κ3) is 5.16. The Morgan fingerprint density at radius 3 is 2.72 bits per heavy atom. The molecule has 7 nitrogen and oxygen atoms in total. The van der Waals surface area contributed by atoms with E-state index in [-0.39, 0.29) is 17.6 Å². The minimum atomic E-state index is -0.212. The zero-order valence-electron chi connectivity index (χ0n) is 18.7. The number of rotatable bonds is 8. The number of hydrogen-bond donors (Lipinski definition) is 1. The molecule has 1 unspecified atom stereocenters. The number of aromatic nitrogens is 2. The number of benzene rings is 1. The molecule has 3 rings (SSSR count). The van der Waals surface area contributed by atoms with E-state index in [1.807, 2.05) is 19.1 Å². The molecule has 1 aromatic carbocycles. The van der Waals surface area contributed by atoms with Gasteiger partial charge in [-0.2, -0.15) is 10.2 Å². The summed E-state index contributed by atoms with van der Waals surface area (Å²) in [7, 11) is 3.26. The van der Waals surface area contributed by atoms with E-state index in [1.54, 1.807) is 38.4 Å². The number of nitriles is 1. The first-order valence-electron chi connectivity index (χ1n) is 10.5. The number of methoxy groups -OCH3 is 1. The van der Waals surface area contributed by atoms with E-state index in [2.05, 4.69) is 18.0 Å². The Hall–Kier alpha value is -3.63. The van der Waals surface area contributed by atoms with Crippen LogP contribution in [0.1, 0.15) is 25.5 Å². The smallest absolute Gasteiger partial charge is 0.299 e. The van der Waals surface area contributed by atoms with E-state index < -0.39 is 0 Å². The van der Waals surface area contributed by atoms with Crippen LogP contribution in [0.25, 0.3) is 16.7 Å². The summed E-state index contributed by atoms with van der Waals surface area (Å²) in [5.74, 6) is 0.698. The molecule has 0 amide bonds. The Bertz CT molecular complexity index is 1130. The van der Waals surface area contributed by atoms with Gasteiger partial charge in [0.05, 0.1) is 30.0 Å². The van der Waals surface area contributed by atoms with Crippen molar-refractivity contribution in [2.24, 2.45) is 7.05 Å². The third-order valence-electron chi connectivity index (χ3n) is 5.44. The number of allylic oxidation sites excluding steroid dienone is 5. The van der Waals surface area contributed by atoms with Crippen LogP contribution < -0.4 is 20.3 Å². The van der Waals surface area contributed by atoms with Gasteiger partial charge in [0.25, 0.3) is 11.6 Å². The first-order chi connectivity index (χ1) is 15.5. The van der Waals surface area contributed by atoms with E-state index in [1.165, 1.54) is 10.6 Å². The van der Waals surface area contributed by atoms with Crippen LogP contribution in [0.5, 0.6) is 11.8 Å². The summed E-state index contributed by atoms with van der Waals surface area (Å²) in [4.78, 5) is 18.1.